The van der Waals surface area contributed by atoms with E-state index in [1.807, 2.05) is 26.8 Å². The average molecular weight is 361 g/mol. The third kappa shape index (κ3) is 4.08. The number of ether oxygens (including phenoxy) is 2. The fourth-order valence-electron chi connectivity index (χ4n) is 3.92. The number of piperidine rings is 1. The maximum Gasteiger partial charge on any atom is 0.407 e. The quantitative estimate of drug-likeness (QED) is 0.834. The van der Waals surface area contributed by atoms with Crippen LogP contribution in [0.2, 0.25) is 0 Å². The molecule has 2 saturated heterocycles. The number of methoxy groups -OCH3 is 1. The average Bonchev–Trinajstić information content (AvgIpc) is 2.83. The number of carbonyl (C=O) groups excluding carboxylic acids is 2. The highest BCUT2D eigenvalue weighted by Crippen LogP contribution is 2.38. The van der Waals surface area contributed by atoms with Gasteiger partial charge in [0.2, 0.25) is 0 Å². The Morgan fingerprint density at radius 1 is 1.19 bits per heavy atom. The molecule has 0 unspecified atom stereocenters. The van der Waals surface area contributed by atoms with Crippen molar-refractivity contribution in [2.75, 3.05) is 12.0 Å². The van der Waals surface area contributed by atoms with Crippen molar-refractivity contribution < 1.29 is 19.1 Å². The van der Waals surface area contributed by atoms with Crippen LogP contribution in [0, 0.1) is 0 Å². The molecule has 1 aromatic heterocycles. The largest absolute Gasteiger partial charge is 0.465 e. The molecule has 142 valence electrons. The van der Waals surface area contributed by atoms with Gasteiger partial charge in [0.1, 0.15) is 11.4 Å². The lowest BCUT2D eigenvalue weighted by Gasteiger charge is -2.40. The van der Waals surface area contributed by atoms with E-state index in [-0.39, 0.29) is 18.1 Å². The number of nitrogens with one attached hydrogen (secondary N) is 1. The fraction of sp³-hybridized carbons (Fsp3) is 0.632. The van der Waals surface area contributed by atoms with Crippen molar-refractivity contribution in [2.24, 2.45) is 0 Å². The van der Waals surface area contributed by atoms with E-state index in [0.717, 1.165) is 31.5 Å². The monoisotopic (exact) mass is 361 g/mol. The first-order chi connectivity index (χ1) is 12.3. The molecule has 2 bridgehead atoms. The zero-order valence-corrected chi connectivity index (χ0v) is 15.8. The third-order valence-corrected chi connectivity index (χ3v) is 4.89. The first kappa shape index (κ1) is 18.5. The lowest BCUT2D eigenvalue weighted by Crippen LogP contribution is -2.51. The minimum Gasteiger partial charge on any atom is -0.465 e. The van der Waals surface area contributed by atoms with Gasteiger partial charge in [0, 0.05) is 24.3 Å². The number of alkyl carbamates (subject to hydrolysis) is 1. The van der Waals surface area contributed by atoms with E-state index in [0.29, 0.717) is 17.6 Å². The molecule has 7 heteroatoms. The zero-order valence-electron chi connectivity index (χ0n) is 15.8. The SMILES string of the molecule is COC(=O)c1ccc(N2[C@@H]3CC[C@H]2C[C@@H](NC(=O)OC(C)(C)C)C3)nc1. The lowest BCUT2D eigenvalue weighted by atomic mass is 9.97. The van der Waals surface area contributed by atoms with Gasteiger partial charge >= 0.3 is 12.1 Å². The molecular weight excluding hydrogens is 334 g/mol. The Morgan fingerprint density at radius 3 is 2.35 bits per heavy atom. The minimum atomic E-state index is -0.491. The van der Waals surface area contributed by atoms with Crippen LogP contribution in [0.1, 0.15) is 56.8 Å². The predicted octanol–water partition coefficient (Wildman–Crippen LogP) is 2.89. The molecule has 1 N–H and O–H groups in total. The van der Waals surface area contributed by atoms with Crippen LogP contribution < -0.4 is 10.2 Å². The second-order valence-corrected chi connectivity index (χ2v) is 8.00. The van der Waals surface area contributed by atoms with Gasteiger partial charge in [-0.2, -0.15) is 0 Å². The smallest absolute Gasteiger partial charge is 0.407 e. The van der Waals surface area contributed by atoms with Crippen molar-refractivity contribution in [1.29, 1.82) is 0 Å². The number of esters is 1. The number of rotatable bonds is 3. The van der Waals surface area contributed by atoms with Gasteiger partial charge < -0.3 is 19.7 Å². The maximum atomic E-state index is 12.0. The van der Waals surface area contributed by atoms with E-state index >= 15 is 0 Å². The van der Waals surface area contributed by atoms with Gasteiger partial charge in [-0.3, -0.25) is 0 Å². The van der Waals surface area contributed by atoms with Crippen LogP contribution in [0.4, 0.5) is 10.6 Å². The molecular formula is C19H27N3O4. The van der Waals surface area contributed by atoms with Crippen molar-refractivity contribution in [3.63, 3.8) is 0 Å². The van der Waals surface area contributed by atoms with Crippen molar-refractivity contribution >= 4 is 17.9 Å². The lowest BCUT2D eigenvalue weighted by molar-refractivity contribution is 0.0491. The molecule has 2 aliphatic heterocycles. The van der Waals surface area contributed by atoms with Crippen LogP contribution in [0.15, 0.2) is 18.3 Å². The maximum absolute atomic E-state index is 12.0. The molecule has 2 aliphatic rings. The third-order valence-electron chi connectivity index (χ3n) is 4.89. The zero-order chi connectivity index (χ0) is 18.9. The number of carbonyl (C=O) groups is 2. The van der Waals surface area contributed by atoms with Crippen LogP contribution in [-0.2, 0) is 9.47 Å². The van der Waals surface area contributed by atoms with Gasteiger partial charge in [-0.1, -0.05) is 0 Å². The van der Waals surface area contributed by atoms with E-state index < -0.39 is 5.60 Å². The predicted molar refractivity (Wildman–Crippen MR) is 97.3 cm³/mol. The van der Waals surface area contributed by atoms with Crippen LogP contribution >= 0.6 is 0 Å². The van der Waals surface area contributed by atoms with Gasteiger partial charge in [0.05, 0.1) is 12.7 Å². The summed E-state index contributed by atoms with van der Waals surface area (Å²) in [6.07, 6.45) is 5.11. The summed E-state index contributed by atoms with van der Waals surface area (Å²) in [6, 6.07) is 4.42. The van der Waals surface area contributed by atoms with Crippen molar-refractivity contribution in [3.8, 4) is 0 Å². The summed E-state index contributed by atoms with van der Waals surface area (Å²) < 4.78 is 10.1. The Morgan fingerprint density at radius 2 is 1.85 bits per heavy atom. The van der Waals surface area contributed by atoms with E-state index in [9.17, 15) is 9.59 Å². The Labute approximate surface area is 154 Å². The van der Waals surface area contributed by atoms with Crippen LogP contribution in [0.5, 0.6) is 0 Å². The van der Waals surface area contributed by atoms with Gasteiger partial charge in [0.25, 0.3) is 0 Å². The molecule has 3 rings (SSSR count). The second kappa shape index (κ2) is 7.13. The molecule has 26 heavy (non-hydrogen) atoms. The normalized spacial score (nSPS) is 24.9. The number of hydrogen-bond donors (Lipinski definition) is 1. The number of anilines is 1. The van der Waals surface area contributed by atoms with E-state index in [1.165, 1.54) is 7.11 Å². The highest BCUT2D eigenvalue weighted by molar-refractivity contribution is 5.89. The molecule has 0 spiro atoms. The number of hydrogen-bond acceptors (Lipinski definition) is 6. The Kier molecular flexibility index (Phi) is 5.07. The molecule has 1 amide bonds. The Balaban J connectivity index is 1.64. The van der Waals surface area contributed by atoms with Gasteiger partial charge in [-0.15, -0.1) is 0 Å². The van der Waals surface area contributed by atoms with E-state index in [4.69, 9.17) is 9.47 Å². The summed E-state index contributed by atoms with van der Waals surface area (Å²) >= 11 is 0. The second-order valence-electron chi connectivity index (χ2n) is 8.00. The highest BCUT2D eigenvalue weighted by Gasteiger charge is 2.42. The molecule has 3 atom stereocenters. The Bertz CT molecular complexity index is 654. The van der Waals surface area contributed by atoms with E-state index in [2.05, 4.69) is 15.2 Å². The summed E-state index contributed by atoms with van der Waals surface area (Å²) in [5.74, 6) is 0.494. The van der Waals surface area contributed by atoms with Crippen LogP contribution in [-0.4, -0.2) is 47.9 Å². The number of pyridine rings is 1. The fourth-order valence-corrected chi connectivity index (χ4v) is 3.92. The standard InChI is InChI=1S/C19H27N3O4/c1-19(2,3)26-18(24)21-13-9-14-6-7-15(10-13)22(14)16-8-5-12(11-20-16)17(23)25-4/h5,8,11,13-15H,6-7,9-10H2,1-4H3,(H,21,24)/t13-,14+,15-. The summed E-state index contributed by atoms with van der Waals surface area (Å²) in [4.78, 5) is 30.4. The summed E-state index contributed by atoms with van der Waals surface area (Å²) in [5.41, 5.74) is -0.0419. The highest BCUT2D eigenvalue weighted by atomic mass is 16.6. The summed E-state index contributed by atoms with van der Waals surface area (Å²) in [6.45, 7) is 5.59. The summed E-state index contributed by atoms with van der Waals surface area (Å²) in [7, 11) is 1.36. The van der Waals surface area contributed by atoms with Gasteiger partial charge in [-0.25, -0.2) is 14.6 Å². The van der Waals surface area contributed by atoms with Gasteiger partial charge in [-0.05, 0) is 58.6 Å². The molecule has 0 aromatic carbocycles. The number of nitrogens with zero attached hydrogens (tertiary/aromatic N) is 2. The van der Waals surface area contributed by atoms with Crippen LogP contribution in [0.25, 0.3) is 0 Å². The molecule has 0 aliphatic carbocycles. The van der Waals surface area contributed by atoms with Crippen molar-refractivity contribution in [2.45, 2.75) is 70.2 Å². The number of fused-ring (bicyclic) bond motifs is 2. The van der Waals surface area contributed by atoms with Crippen molar-refractivity contribution in [3.05, 3.63) is 23.9 Å². The van der Waals surface area contributed by atoms with Crippen molar-refractivity contribution in [1.82, 2.24) is 10.3 Å². The number of amides is 1. The molecule has 1 aromatic rings. The summed E-state index contributed by atoms with van der Waals surface area (Å²) in [5, 5.41) is 3.01. The topological polar surface area (TPSA) is 80.8 Å². The minimum absolute atomic E-state index is 0.118. The molecule has 2 fully saturated rings. The number of aromatic nitrogens is 1. The van der Waals surface area contributed by atoms with Gasteiger partial charge in [0.15, 0.2) is 0 Å². The first-order valence-electron chi connectivity index (χ1n) is 9.09. The molecule has 0 saturated carbocycles. The molecule has 3 heterocycles. The molecule has 0 radical (unpaired) electrons. The van der Waals surface area contributed by atoms with E-state index in [1.54, 1.807) is 12.3 Å². The Hall–Kier alpha value is -2.31. The molecule has 7 nitrogen and oxygen atoms in total. The van der Waals surface area contributed by atoms with Crippen LogP contribution in [0.3, 0.4) is 0 Å². The first-order valence-corrected chi connectivity index (χ1v) is 9.09.